The van der Waals surface area contributed by atoms with E-state index in [9.17, 15) is 9.90 Å². The summed E-state index contributed by atoms with van der Waals surface area (Å²) < 4.78 is 0. The summed E-state index contributed by atoms with van der Waals surface area (Å²) >= 11 is 2.86. The lowest BCUT2D eigenvalue weighted by atomic mass is 10.1. The smallest absolute Gasteiger partial charge is 0.299 e. The number of aliphatic hydroxyl groups excluding tert-OH is 1. The molecule has 0 radical (unpaired) electrons. The summed E-state index contributed by atoms with van der Waals surface area (Å²) in [5.41, 5.74) is 0. The maximum Gasteiger partial charge on any atom is 0.299 e. The lowest BCUT2D eigenvalue weighted by Crippen LogP contribution is -2.41. The molecule has 66 valence electrons. The van der Waals surface area contributed by atoms with E-state index in [1.165, 1.54) is 0 Å². The molecule has 0 aromatic carbocycles. The molecule has 1 unspecified atom stereocenters. The van der Waals surface area contributed by atoms with Crippen molar-refractivity contribution in [2.45, 2.75) is 18.9 Å². The first-order valence-electron chi connectivity index (χ1n) is 3.82. The van der Waals surface area contributed by atoms with Gasteiger partial charge < -0.3 is 10.0 Å². The highest BCUT2D eigenvalue weighted by Crippen LogP contribution is 2.09. The SMILES string of the molecule is O=C(C#CBr)N1CCCC(O)C1. The van der Waals surface area contributed by atoms with Crippen LogP contribution in [0, 0.1) is 10.8 Å². The third-order valence-electron chi connectivity index (χ3n) is 1.84. The van der Waals surface area contributed by atoms with Crippen molar-refractivity contribution in [1.29, 1.82) is 0 Å². The molecule has 1 aliphatic heterocycles. The number of β-amino-alcohol motifs (C(OH)–C–C–N with tert-alkyl or cyclic N) is 1. The van der Waals surface area contributed by atoms with Crippen molar-refractivity contribution in [3.05, 3.63) is 0 Å². The van der Waals surface area contributed by atoms with Gasteiger partial charge in [0.05, 0.1) is 6.10 Å². The molecule has 1 aliphatic rings. The molecule has 1 fully saturated rings. The number of carbonyl (C=O) groups excluding carboxylic acids is 1. The molecule has 0 bridgehead atoms. The van der Waals surface area contributed by atoms with Gasteiger partial charge in [-0.05, 0) is 17.7 Å². The van der Waals surface area contributed by atoms with Gasteiger partial charge in [-0.2, -0.15) is 0 Å². The molecule has 1 atom stereocenters. The van der Waals surface area contributed by atoms with Crippen molar-refractivity contribution >= 4 is 21.8 Å². The average Bonchev–Trinajstić information content (AvgIpc) is 2.05. The summed E-state index contributed by atoms with van der Waals surface area (Å²) in [6.45, 7) is 1.12. The topological polar surface area (TPSA) is 40.5 Å². The van der Waals surface area contributed by atoms with Crippen LogP contribution in [0.4, 0.5) is 0 Å². The third-order valence-corrected chi connectivity index (χ3v) is 2.04. The van der Waals surface area contributed by atoms with E-state index in [0.717, 1.165) is 12.8 Å². The van der Waals surface area contributed by atoms with Gasteiger partial charge in [-0.1, -0.05) is 0 Å². The second-order valence-corrected chi connectivity index (χ2v) is 3.16. The Morgan fingerprint density at radius 1 is 1.67 bits per heavy atom. The van der Waals surface area contributed by atoms with Gasteiger partial charge in [0.15, 0.2) is 0 Å². The van der Waals surface area contributed by atoms with Crippen molar-refractivity contribution in [2.24, 2.45) is 0 Å². The molecule has 0 saturated carbocycles. The number of halogens is 1. The van der Waals surface area contributed by atoms with Crippen LogP contribution in [0.3, 0.4) is 0 Å². The highest BCUT2D eigenvalue weighted by atomic mass is 79.9. The van der Waals surface area contributed by atoms with E-state index in [-0.39, 0.29) is 12.0 Å². The Balaban J connectivity index is 2.49. The Bertz CT molecular complexity index is 231. The predicted molar refractivity (Wildman–Crippen MR) is 48.5 cm³/mol. The van der Waals surface area contributed by atoms with Gasteiger partial charge in [0.2, 0.25) is 0 Å². The fourth-order valence-electron chi connectivity index (χ4n) is 1.26. The number of hydrogen-bond acceptors (Lipinski definition) is 2. The van der Waals surface area contributed by atoms with Crippen LogP contribution in [-0.2, 0) is 4.79 Å². The fourth-order valence-corrected chi connectivity index (χ4v) is 1.43. The number of carbonyl (C=O) groups is 1. The fraction of sp³-hybridized carbons (Fsp3) is 0.625. The normalized spacial score (nSPS) is 22.8. The first kappa shape index (κ1) is 9.56. The van der Waals surface area contributed by atoms with E-state index in [0.29, 0.717) is 13.1 Å². The van der Waals surface area contributed by atoms with Gasteiger partial charge in [0.25, 0.3) is 5.91 Å². The van der Waals surface area contributed by atoms with Gasteiger partial charge in [-0.15, -0.1) is 0 Å². The van der Waals surface area contributed by atoms with E-state index in [2.05, 4.69) is 26.7 Å². The monoisotopic (exact) mass is 231 g/mol. The van der Waals surface area contributed by atoms with E-state index < -0.39 is 0 Å². The second-order valence-electron chi connectivity index (χ2n) is 2.77. The Morgan fingerprint density at radius 3 is 3.00 bits per heavy atom. The predicted octanol–water partition coefficient (Wildman–Crippen LogP) is 0.325. The summed E-state index contributed by atoms with van der Waals surface area (Å²) in [5.74, 6) is 2.16. The van der Waals surface area contributed by atoms with Crippen LogP contribution in [0.25, 0.3) is 0 Å². The van der Waals surface area contributed by atoms with E-state index >= 15 is 0 Å². The molecule has 1 heterocycles. The van der Waals surface area contributed by atoms with E-state index in [1.807, 2.05) is 0 Å². The van der Waals surface area contributed by atoms with E-state index in [4.69, 9.17) is 0 Å². The van der Waals surface area contributed by atoms with Crippen LogP contribution in [-0.4, -0.2) is 35.1 Å². The Labute approximate surface area is 79.9 Å². The number of nitrogens with zero attached hydrogens (tertiary/aromatic N) is 1. The summed E-state index contributed by atoms with van der Waals surface area (Å²) in [7, 11) is 0. The first-order valence-corrected chi connectivity index (χ1v) is 4.62. The maximum atomic E-state index is 11.2. The van der Waals surface area contributed by atoms with Crippen LogP contribution in [0.2, 0.25) is 0 Å². The van der Waals surface area contributed by atoms with E-state index in [1.54, 1.807) is 4.90 Å². The summed E-state index contributed by atoms with van der Waals surface area (Å²) in [6.07, 6.45) is 1.27. The summed E-state index contributed by atoms with van der Waals surface area (Å²) in [5, 5.41) is 9.24. The molecule has 0 spiro atoms. The second kappa shape index (κ2) is 4.48. The van der Waals surface area contributed by atoms with Crippen molar-refractivity contribution in [3.8, 4) is 10.8 Å². The van der Waals surface area contributed by atoms with Crippen LogP contribution in [0.15, 0.2) is 0 Å². The van der Waals surface area contributed by atoms with Crippen LogP contribution < -0.4 is 0 Å². The molecule has 1 N–H and O–H groups in total. The highest BCUT2D eigenvalue weighted by molar-refractivity contribution is 9.12. The summed E-state index contributed by atoms with van der Waals surface area (Å²) in [6, 6.07) is 0. The Kier molecular flexibility index (Phi) is 3.57. The molecule has 3 nitrogen and oxygen atoms in total. The molecular formula is C8H10BrNO2. The van der Waals surface area contributed by atoms with Crippen molar-refractivity contribution in [3.63, 3.8) is 0 Å². The molecule has 1 saturated heterocycles. The number of hydrogen-bond donors (Lipinski definition) is 1. The minimum absolute atomic E-state index is 0.217. The van der Waals surface area contributed by atoms with Crippen molar-refractivity contribution < 1.29 is 9.90 Å². The number of likely N-dealkylation sites (tertiary alicyclic amines) is 1. The minimum atomic E-state index is -0.375. The zero-order valence-corrected chi connectivity index (χ0v) is 8.17. The molecule has 0 aromatic rings. The Hall–Kier alpha value is -0.530. The number of piperidine rings is 1. The minimum Gasteiger partial charge on any atom is -0.391 e. The zero-order chi connectivity index (χ0) is 8.97. The first-order chi connectivity index (χ1) is 5.74. The zero-order valence-electron chi connectivity index (χ0n) is 6.59. The molecule has 0 aromatic heterocycles. The molecule has 1 amide bonds. The lowest BCUT2D eigenvalue weighted by molar-refractivity contribution is -0.128. The summed E-state index contributed by atoms with van der Waals surface area (Å²) in [4.78, 5) is 15.1. The van der Waals surface area contributed by atoms with Gasteiger partial charge in [0.1, 0.15) is 0 Å². The molecular weight excluding hydrogens is 222 g/mol. The lowest BCUT2D eigenvalue weighted by Gasteiger charge is -2.28. The van der Waals surface area contributed by atoms with Gasteiger partial charge >= 0.3 is 0 Å². The molecule has 12 heavy (non-hydrogen) atoms. The standard InChI is InChI=1S/C8H10BrNO2/c9-4-3-8(12)10-5-1-2-7(11)6-10/h7,11H,1-2,5-6H2. The largest absolute Gasteiger partial charge is 0.391 e. The van der Waals surface area contributed by atoms with Crippen molar-refractivity contribution in [1.82, 2.24) is 4.90 Å². The van der Waals surface area contributed by atoms with Gasteiger partial charge in [-0.25, -0.2) is 0 Å². The maximum absolute atomic E-state index is 11.2. The molecule has 4 heteroatoms. The average molecular weight is 232 g/mol. The van der Waals surface area contributed by atoms with Crippen LogP contribution in [0.1, 0.15) is 12.8 Å². The number of amides is 1. The van der Waals surface area contributed by atoms with Gasteiger partial charge in [-0.3, -0.25) is 4.79 Å². The third kappa shape index (κ3) is 2.50. The van der Waals surface area contributed by atoms with Crippen molar-refractivity contribution in [2.75, 3.05) is 13.1 Å². The van der Waals surface area contributed by atoms with Gasteiger partial charge in [0, 0.05) is 34.9 Å². The number of rotatable bonds is 0. The quantitative estimate of drug-likeness (QED) is 0.611. The molecule has 0 aliphatic carbocycles. The van der Waals surface area contributed by atoms with Crippen LogP contribution >= 0.6 is 15.9 Å². The molecule has 1 rings (SSSR count). The highest BCUT2D eigenvalue weighted by Gasteiger charge is 2.20. The number of aliphatic hydroxyl groups is 1. The Morgan fingerprint density at radius 2 is 2.42 bits per heavy atom. The van der Waals surface area contributed by atoms with Crippen LogP contribution in [0.5, 0.6) is 0 Å².